The van der Waals surface area contributed by atoms with Gasteiger partial charge in [0.2, 0.25) is 5.91 Å². The first-order valence-corrected chi connectivity index (χ1v) is 7.51. The van der Waals surface area contributed by atoms with Crippen LogP contribution in [0.3, 0.4) is 0 Å². The van der Waals surface area contributed by atoms with Crippen LogP contribution in [0.4, 0.5) is 11.4 Å². The minimum Gasteiger partial charge on any atom is -0.497 e. The van der Waals surface area contributed by atoms with Crippen molar-refractivity contribution in [1.29, 1.82) is 0 Å². The van der Waals surface area contributed by atoms with Crippen molar-refractivity contribution >= 4 is 23.2 Å². The smallest absolute Gasteiger partial charge is 0.255 e. The van der Waals surface area contributed by atoms with E-state index in [1.165, 1.54) is 0 Å². The van der Waals surface area contributed by atoms with Crippen LogP contribution in [0.15, 0.2) is 48.5 Å². The molecule has 24 heavy (non-hydrogen) atoms. The van der Waals surface area contributed by atoms with E-state index in [1.54, 1.807) is 62.6 Å². The lowest BCUT2D eigenvalue weighted by Crippen LogP contribution is -2.17. The van der Waals surface area contributed by atoms with Gasteiger partial charge in [-0.25, -0.2) is 0 Å². The van der Waals surface area contributed by atoms with Crippen molar-refractivity contribution < 1.29 is 19.4 Å². The van der Waals surface area contributed by atoms with Crippen LogP contribution in [0.2, 0.25) is 0 Å². The maximum atomic E-state index is 12.2. The Morgan fingerprint density at radius 1 is 1.08 bits per heavy atom. The second-order valence-electron chi connectivity index (χ2n) is 5.36. The van der Waals surface area contributed by atoms with Crippen LogP contribution >= 0.6 is 0 Å². The fourth-order valence-corrected chi connectivity index (χ4v) is 2.09. The highest BCUT2D eigenvalue weighted by Gasteiger charge is 2.09. The maximum absolute atomic E-state index is 12.2. The van der Waals surface area contributed by atoms with Gasteiger partial charge in [-0.15, -0.1) is 0 Å². The van der Waals surface area contributed by atoms with Crippen molar-refractivity contribution in [2.24, 2.45) is 0 Å². The third kappa shape index (κ3) is 5.10. The molecule has 0 fully saturated rings. The van der Waals surface area contributed by atoms with E-state index in [1.807, 2.05) is 0 Å². The van der Waals surface area contributed by atoms with Crippen molar-refractivity contribution in [1.82, 2.24) is 0 Å². The van der Waals surface area contributed by atoms with Crippen LogP contribution in [0.1, 0.15) is 23.7 Å². The first-order valence-electron chi connectivity index (χ1n) is 7.51. The van der Waals surface area contributed by atoms with E-state index in [4.69, 9.17) is 4.74 Å². The molecule has 0 bridgehead atoms. The van der Waals surface area contributed by atoms with Crippen molar-refractivity contribution in [3.8, 4) is 5.75 Å². The summed E-state index contributed by atoms with van der Waals surface area (Å²) in [7, 11) is 1.56. The van der Waals surface area contributed by atoms with Crippen LogP contribution in [0.5, 0.6) is 5.75 Å². The number of nitrogens with one attached hydrogen (secondary N) is 2. The molecule has 0 saturated carbocycles. The largest absolute Gasteiger partial charge is 0.497 e. The van der Waals surface area contributed by atoms with Gasteiger partial charge >= 0.3 is 0 Å². The average Bonchev–Trinajstić information content (AvgIpc) is 2.54. The number of aliphatic hydroxyl groups excluding tert-OH is 1. The van der Waals surface area contributed by atoms with Gasteiger partial charge in [0, 0.05) is 23.0 Å². The fraction of sp³-hybridized carbons (Fsp3) is 0.222. The molecule has 0 aliphatic carbocycles. The maximum Gasteiger partial charge on any atom is 0.255 e. The molecule has 3 N–H and O–H groups in total. The Hall–Kier alpha value is -2.86. The minimum atomic E-state index is -0.696. The van der Waals surface area contributed by atoms with Crippen LogP contribution in [-0.4, -0.2) is 30.1 Å². The predicted octanol–water partition coefficient (Wildman–Crippen LogP) is 2.66. The first-order chi connectivity index (χ1) is 11.5. The van der Waals surface area contributed by atoms with Gasteiger partial charge in [-0.2, -0.15) is 0 Å². The lowest BCUT2D eigenvalue weighted by atomic mass is 10.1. The zero-order valence-corrected chi connectivity index (χ0v) is 13.6. The summed E-state index contributed by atoms with van der Waals surface area (Å²) in [6.07, 6.45) is -0.671. The van der Waals surface area contributed by atoms with Crippen molar-refractivity contribution in [3.63, 3.8) is 0 Å². The SMILES string of the molecule is COc1cccc(NC(=O)c2ccc(NC(=O)CC(C)O)cc2)c1. The average molecular weight is 328 g/mol. The number of benzene rings is 2. The molecule has 0 radical (unpaired) electrons. The topological polar surface area (TPSA) is 87.7 Å². The van der Waals surface area contributed by atoms with E-state index in [0.717, 1.165) is 0 Å². The Morgan fingerprint density at radius 2 is 1.79 bits per heavy atom. The quantitative estimate of drug-likeness (QED) is 0.761. The molecule has 2 aromatic rings. The number of rotatable bonds is 6. The molecule has 6 heteroatoms. The molecule has 0 aromatic heterocycles. The van der Waals surface area contributed by atoms with Gasteiger partial charge in [0.25, 0.3) is 5.91 Å². The summed E-state index contributed by atoms with van der Waals surface area (Å²) < 4.78 is 5.11. The highest BCUT2D eigenvalue weighted by Crippen LogP contribution is 2.18. The molecule has 2 amide bonds. The number of amides is 2. The highest BCUT2D eigenvalue weighted by molar-refractivity contribution is 6.04. The van der Waals surface area contributed by atoms with Gasteiger partial charge < -0.3 is 20.5 Å². The van der Waals surface area contributed by atoms with E-state index >= 15 is 0 Å². The van der Waals surface area contributed by atoms with Crippen LogP contribution < -0.4 is 15.4 Å². The number of carbonyl (C=O) groups excluding carboxylic acids is 2. The number of ether oxygens (including phenoxy) is 1. The number of carbonyl (C=O) groups is 2. The van der Waals surface area contributed by atoms with Crippen molar-refractivity contribution in [2.45, 2.75) is 19.4 Å². The Kier molecular flexibility index (Phi) is 5.92. The van der Waals surface area contributed by atoms with E-state index in [0.29, 0.717) is 22.7 Å². The third-order valence-electron chi connectivity index (χ3n) is 3.24. The molecule has 1 unspecified atom stereocenters. The lowest BCUT2D eigenvalue weighted by molar-refractivity contribution is -0.117. The second kappa shape index (κ2) is 8.12. The highest BCUT2D eigenvalue weighted by atomic mass is 16.5. The summed E-state index contributed by atoms with van der Waals surface area (Å²) in [5.74, 6) is 0.118. The summed E-state index contributed by atoms with van der Waals surface area (Å²) in [5, 5.41) is 14.6. The standard InChI is InChI=1S/C18H20N2O4/c1-12(21)10-17(22)19-14-8-6-13(7-9-14)18(23)20-15-4-3-5-16(11-15)24-2/h3-9,11-12,21H,10H2,1-2H3,(H,19,22)(H,20,23). The van der Waals surface area contributed by atoms with Gasteiger partial charge in [-0.1, -0.05) is 6.07 Å². The van der Waals surface area contributed by atoms with Gasteiger partial charge in [0.1, 0.15) is 5.75 Å². The summed E-state index contributed by atoms with van der Waals surface area (Å²) in [4.78, 5) is 23.8. The Balaban J connectivity index is 1.99. The number of methoxy groups -OCH3 is 1. The van der Waals surface area contributed by atoms with Crippen LogP contribution in [0, 0.1) is 0 Å². The van der Waals surface area contributed by atoms with E-state index in [9.17, 15) is 14.7 Å². The third-order valence-corrected chi connectivity index (χ3v) is 3.24. The zero-order chi connectivity index (χ0) is 17.5. The molecule has 1 atom stereocenters. The summed E-state index contributed by atoms with van der Waals surface area (Å²) >= 11 is 0. The number of anilines is 2. The van der Waals surface area contributed by atoms with Gasteiger partial charge in [-0.3, -0.25) is 9.59 Å². The summed E-state index contributed by atoms with van der Waals surface area (Å²) in [6, 6.07) is 13.6. The van der Waals surface area contributed by atoms with E-state index in [-0.39, 0.29) is 18.2 Å². The first kappa shape index (κ1) is 17.5. The summed E-state index contributed by atoms with van der Waals surface area (Å²) in [6.45, 7) is 1.55. The number of hydrogen-bond donors (Lipinski definition) is 3. The lowest BCUT2D eigenvalue weighted by Gasteiger charge is -2.09. The predicted molar refractivity (Wildman–Crippen MR) is 92.3 cm³/mol. The van der Waals surface area contributed by atoms with Gasteiger partial charge in [-0.05, 0) is 43.3 Å². The molecule has 6 nitrogen and oxygen atoms in total. The molecule has 2 aromatic carbocycles. The Labute approximate surface area is 140 Å². The molecule has 0 saturated heterocycles. The molecular weight excluding hydrogens is 308 g/mol. The summed E-state index contributed by atoms with van der Waals surface area (Å²) in [5.41, 5.74) is 1.67. The van der Waals surface area contributed by atoms with E-state index < -0.39 is 6.10 Å². The molecule has 0 heterocycles. The number of aliphatic hydroxyl groups is 1. The van der Waals surface area contributed by atoms with Crippen molar-refractivity contribution in [2.75, 3.05) is 17.7 Å². The van der Waals surface area contributed by atoms with Gasteiger partial charge in [0.05, 0.1) is 19.6 Å². The molecule has 0 aliphatic heterocycles. The molecule has 0 spiro atoms. The van der Waals surface area contributed by atoms with E-state index in [2.05, 4.69) is 10.6 Å². The van der Waals surface area contributed by atoms with Crippen LogP contribution in [-0.2, 0) is 4.79 Å². The fourth-order valence-electron chi connectivity index (χ4n) is 2.09. The van der Waals surface area contributed by atoms with Crippen LogP contribution in [0.25, 0.3) is 0 Å². The number of hydrogen-bond acceptors (Lipinski definition) is 4. The minimum absolute atomic E-state index is 0.0259. The molecule has 0 aliphatic rings. The molecule has 126 valence electrons. The molecular formula is C18H20N2O4. The van der Waals surface area contributed by atoms with Crippen molar-refractivity contribution in [3.05, 3.63) is 54.1 Å². The normalized spacial score (nSPS) is 11.5. The monoisotopic (exact) mass is 328 g/mol. The zero-order valence-electron chi connectivity index (χ0n) is 13.6. The Bertz CT molecular complexity index is 711. The Morgan fingerprint density at radius 3 is 2.42 bits per heavy atom. The molecule has 2 rings (SSSR count). The van der Waals surface area contributed by atoms with Gasteiger partial charge in [0.15, 0.2) is 0 Å². The second-order valence-corrected chi connectivity index (χ2v) is 5.36.